The van der Waals surface area contributed by atoms with Gasteiger partial charge in [-0.2, -0.15) is 0 Å². The molecule has 8 heteroatoms. The molecule has 0 heterocycles. The minimum Gasteiger partial charge on any atom is -0.290 e. The average Bonchev–Trinajstić information content (AvgIpc) is 2.90. The second kappa shape index (κ2) is 10.8. The monoisotopic (exact) mass is 521 g/mol. The molecule has 0 bridgehead atoms. The summed E-state index contributed by atoms with van der Waals surface area (Å²) in [6.07, 6.45) is 0. The maximum absolute atomic E-state index is 13.4. The molecule has 174 valence electrons. The van der Waals surface area contributed by atoms with Gasteiger partial charge in [0.05, 0.1) is 4.92 Å². The second-order valence-corrected chi connectivity index (χ2v) is 11.8. The summed E-state index contributed by atoms with van der Waals surface area (Å²) in [5.41, 5.74) is 0.523. The van der Waals surface area contributed by atoms with Crippen LogP contribution in [0.25, 0.3) is 0 Å². The second-order valence-electron chi connectivity index (χ2n) is 7.54. The topological polar surface area (TPSA) is 72.2 Å². The lowest BCUT2D eigenvalue weighted by Crippen LogP contribution is -2.38. The third-order valence-electron chi connectivity index (χ3n) is 5.52. The first kappa shape index (κ1) is 24.6. The van der Waals surface area contributed by atoms with Crippen LogP contribution in [0.3, 0.4) is 0 Å². The molecule has 5 nitrogen and oxygen atoms in total. The molecule has 0 radical (unpaired) electrons. The Morgan fingerprint density at radius 3 is 1.43 bits per heavy atom. The van der Waals surface area contributed by atoms with Gasteiger partial charge in [-0.1, -0.05) is 77.8 Å². The fourth-order valence-corrected chi connectivity index (χ4v) is 8.87. The number of carbonyl (C=O) groups excluding carboxylic acids is 1. The highest BCUT2D eigenvalue weighted by Gasteiger charge is 2.52. The SMILES string of the molecule is O=C(NC(=C(Cl)Cl)[P+](c1ccccc1)(c1ccccc1)c1ccccc1)c1ccc([N+](=O)[O-])cc1. The summed E-state index contributed by atoms with van der Waals surface area (Å²) in [5, 5.41) is 16.9. The Morgan fingerprint density at radius 1 is 0.686 bits per heavy atom. The number of hydrogen-bond donors (Lipinski definition) is 1. The molecule has 0 aliphatic carbocycles. The summed E-state index contributed by atoms with van der Waals surface area (Å²) in [6.45, 7) is 0. The number of rotatable bonds is 7. The van der Waals surface area contributed by atoms with Crippen LogP contribution in [0.1, 0.15) is 10.4 Å². The summed E-state index contributed by atoms with van der Waals surface area (Å²) >= 11 is 13.1. The molecular formula is C27H20Cl2N2O3P+. The highest BCUT2D eigenvalue weighted by Crippen LogP contribution is 2.63. The first-order valence-electron chi connectivity index (χ1n) is 10.6. The summed E-state index contributed by atoms with van der Waals surface area (Å²) < 4.78 is -0.0647. The molecule has 0 spiro atoms. The largest absolute Gasteiger partial charge is 0.290 e. The number of benzene rings is 4. The number of hydrogen-bond acceptors (Lipinski definition) is 3. The van der Waals surface area contributed by atoms with E-state index in [1.54, 1.807) is 0 Å². The van der Waals surface area contributed by atoms with Crippen LogP contribution in [0.5, 0.6) is 0 Å². The van der Waals surface area contributed by atoms with Crippen LogP contribution in [0.15, 0.2) is 125 Å². The minimum absolute atomic E-state index is 0.0647. The van der Waals surface area contributed by atoms with Crippen molar-refractivity contribution in [2.24, 2.45) is 0 Å². The molecule has 0 aliphatic heterocycles. The Labute approximate surface area is 213 Å². The predicted molar refractivity (Wildman–Crippen MR) is 144 cm³/mol. The number of non-ortho nitro benzene ring substituents is 1. The highest BCUT2D eigenvalue weighted by molar-refractivity contribution is 7.99. The van der Waals surface area contributed by atoms with Gasteiger partial charge in [-0.05, 0) is 48.5 Å². The van der Waals surface area contributed by atoms with Gasteiger partial charge in [0.2, 0.25) is 5.44 Å². The molecular weight excluding hydrogens is 502 g/mol. The van der Waals surface area contributed by atoms with E-state index in [0.717, 1.165) is 15.9 Å². The molecule has 0 atom stereocenters. The first-order valence-corrected chi connectivity index (χ1v) is 13.2. The van der Waals surface area contributed by atoms with Crippen LogP contribution in [0.2, 0.25) is 0 Å². The minimum atomic E-state index is -2.74. The average molecular weight is 522 g/mol. The molecule has 4 aromatic rings. The Bertz CT molecular complexity index is 1260. The summed E-state index contributed by atoms with van der Waals surface area (Å²) in [4.78, 5) is 23.9. The third kappa shape index (κ3) is 4.98. The van der Waals surface area contributed by atoms with E-state index in [0.29, 0.717) is 5.44 Å². The maximum atomic E-state index is 13.4. The fraction of sp³-hybridized carbons (Fsp3) is 0. The predicted octanol–water partition coefficient (Wildman–Crippen LogP) is 5.92. The van der Waals surface area contributed by atoms with Crippen molar-refractivity contribution in [1.29, 1.82) is 0 Å². The molecule has 0 saturated heterocycles. The number of nitro benzene ring substituents is 1. The van der Waals surface area contributed by atoms with Crippen molar-refractivity contribution >= 4 is 58.0 Å². The van der Waals surface area contributed by atoms with Gasteiger partial charge in [0.15, 0.2) is 11.8 Å². The summed E-state index contributed by atoms with van der Waals surface area (Å²) in [5.74, 6) is -0.471. The van der Waals surface area contributed by atoms with Crippen LogP contribution >= 0.6 is 30.5 Å². The first-order chi connectivity index (χ1) is 16.9. The quantitative estimate of drug-likeness (QED) is 0.186. The molecule has 0 fully saturated rings. The molecule has 0 aliphatic rings. The van der Waals surface area contributed by atoms with Crippen molar-refractivity contribution in [2.75, 3.05) is 0 Å². The van der Waals surface area contributed by atoms with Crippen LogP contribution in [-0.4, -0.2) is 10.8 Å². The van der Waals surface area contributed by atoms with Crippen molar-refractivity contribution in [3.63, 3.8) is 0 Å². The van der Waals surface area contributed by atoms with Gasteiger partial charge in [-0.25, -0.2) is 0 Å². The Kier molecular flexibility index (Phi) is 7.62. The van der Waals surface area contributed by atoms with E-state index in [-0.39, 0.29) is 15.7 Å². The standard InChI is InChI=1S/C27H19Cl2N2O3P/c28-25(29)27(30-26(32)20-16-18-21(19-17-20)31(33)34)35(22-10-4-1-5-11-22,23-12-6-2-7-13-23)24-14-8-3-9-15-24/h1-19H/p+1. The van der Waals surface area contributed by atoms with Crippen LogP contribution in [0.4, 0.5) is 5.69 Å². The van der Waals surface area contributed by atoms with Gasteiger partial charge in [0.25, 0.3) is 11.6 Å². The van der Waals surface area contributed by atoms with Crippen molar-refractivity contribution in [3.8, 4) is 0 Å². The molecule has 1 amide bonds. The fourth-order valence-electron chi connectivity index (χ4n) is 3.96. The van der Waals surface area contributed by atoms with Crippen molar-refractivity contribution < 1.29 is 9.72 Å². The zero-order valence-electron chi connectivity index (χ0n) is 18.3. The molecule has 0 saturated carbocycles. The molecule has 0 aromatic heterocycles. The summed E-state index contributed by atoms with van der Waals surface area (Å²) in [7, 11) is -2.74. The van der Waals surface area contributed by atoms with Gasteiger partial charge in [-0.15, -0.1) is 0 Å². The van der Waals surface area contributed by atoms with E-state index < -0.39 is 18.1 Å². The van der Waals surface area contributed by atoms with Crippen molar-refractivity contribution in [3.05, 3.63) is 141 Å². The maximum Gasteiger partial charge on any atom is 0.269 e. The van der Waals surface area contributed by atoms with Gasteiger partial charge >= 0.3 is 0 Å². The van der Waals surface area contributed by atoms with Gasteiger partial charge in [0.1, 0.15) is 15.9 Å². The van der Waals surface area contributed by atoms with Gasteiger partial charge in [-0.3, -0.25) is 20.2 Å². The van der Waals surface area contributed by atoms with Crippen LogP contribution < -0.4 is 21.2 Å². The number of nitrogens with zero attached hydrogens (tertiary/aromatic N) is 1. The Morgan fingerprint density at radius 2 is 1.09 bits per heavy atom. The Hall–Kier alpha value is -3.50. The van der Waals surface area contributed by atoms with Gasteiger partial charge < -0.3 is 0 Å². The van der Waals surface area contributed by atoms with Crippen molar-refractivity contribution in [2.45, 2.75) is 0 Å². The number of nitrogens with one attached hydrogen (secondary N) is 1. The van der Waals surface area contributed by atoms with E-state index in [4.69, 9.17) is 23.2 Å². The highest BCUT2D eigenvalue weighted by atomic mass is 35.5. The number of nitro groups is 1. The van der Waals surface area contributed by atoms with Crippen molar-refractivity contribution in [1.82, 2.24) is 5.32 Å². The van der Waals surface area contributed by atoms with E-state index in [9.17, 15) is 14.9 Å². The van der Waals surface area contributed by atoms with E-state index in [2.05, 4.69) is 5.32 Å². The number of halogens is 2. The number of amides is 1. The van der Waals surface area contributed by atoms with Crippen LogP contribution in [-0.2, 0) is 0 Å². The lowest BCUT2D eigenvalue weighted by atomic mass is 10.2. The van der Waals surface area contributed by atoms with E-state index in [1.807, 2.05) is 91.0 Å². The van der Waals surface area contributed by atoms with Crippen LogP contribution in [0, 0.1) is 10.1 Å². The molecule has 4 rings (SSSR count). The smallest absolute Gasteiger partial charge is 0.269 e. The molecule has 35 heavy (non-hydrogen) atoms. The van der Waals surface area contributed by atoms with E-state index in [1.165, 1.54) is 24.3 Å². The zero-order valence-corrected chi connectivity index (χ0v) is 20.8. The lowest BCUT2D eigenvalue weighted by molar-refractivity contribution is -0.384. The third-order valence-corrected chi connectivity index (χ3v) is 10.4. The van der Waals surface area contributed by atoms with Gasteiger partial charge in [0, 0.05) is 17.7 Å². The normalized spacial score (nSPS) is 10.9. The summed E-state index contributed by atoms with van der Waals surface area (Å²) in [6, 6.07) is 34.8. The molecule has 4 aromatic carbocycles. The van der Waals surface area contributed by atoms with E-state index >= 15 is 0 Å². The number of carbonyl (C=O) groups is 1. The molecule has 1 N–H and O–H groups in total. The zero-order chi connectivity index (χ0) is 24.8. The lowest BCUT2D eigenvalue weighted by Gasteiger charge is -2.29. The Balaban J connectivity index is 1.94. The molecule has 0 unspecified atom stereocenters.